The summed E-state index contributed by atoms with van der Waals surface area (Å²) in [5, 5.41) is 0.760. The van der Waals surface area contributed by atoms with Gasteiger partial charge in [0.15, 0.2) is 0 Å². The minimum Gasteiger partial charge on any atom is -0.437 e. The molecule has 1 amide bonds. The Labute approximate surface area is 133 Å². The van der Waals surface area contributed by atoms with Crippen molar-refractivity contribution in [2.45, 2.75) is 0 Å². The number of hydrogen-bond donors (Lipinski definition) is 2. The van der Waals surface area contributed by atoms with Crippen LogP contribution >= 0.6 is 39.1 Å². The largest absolute Gasteiger partial charge is 0.437 e. The zero-order chi connectivity index (χ0) is 14.9. The first-order valence-corrected chi connectivity index (χ1v) is 6.81. The molecule has 0 saturated carbocycles. The fourth-order valence-corrected chi connectivity index (χ4v) is 2.24. The molecule has 0 radical (unpaired) electrons. The molecule has 0 bridgehead atoms. The average Bonchev–Trinajstić information content (AvgIpc) is 2.37. The SMILES string of the molecule is NC(=O)c1cc(Oc2cc(Cl)c(Br)cc2Cl)ncc1N. The lowest BCUT2D eigenvalue weighted by molar-refractivity contribution is 0.100. The molecule has 4 N–H and O–H groups in total. The van der Waals surface area contributed by atoms with Crippen LogP contribution in [0, 0.1) is 0 Å². The number of carbonyl (C=O) groups excluding carboxylic acids is 1. The van der Waals surface area contributed by atoms with Gasteiger partial charge in [-0.1, -0.05) is 23.2 Å². The first kappa shape index (κ1) is 14.9. The van der Waals surface area contributed by atoms with Crippen molar-refractivity contribution in [1.82, 2.24) is 4.98 Å². The number of anilines is 1. The van der Waals surface area contributed by atoms with E-state index in [0.717, 1.165) is 0 Å². The molecular formula is C12H8BrCl2N3O2. The van der Waals surface area contributed by atoms with E-state index in [1.165, 1.54) is 18.3 Å². The third kappa shape index (κ3) is 3.15. The lowest BCUT2D eigenvalue weighted by Gasteiger charge is -2.09. The Hall–Kier alpha value is -1.50. The highest BCUT2D eigenvalue weighted by molar-refractivity contribution is 9.10. The number of pyridine rings is 1. The van der Waals surface area contributed by atoms with Gasteiger partial charge < -0.3 is 16.2 Å². The van der Waals surface area contributed by atoms with E-state index in [2.05, 4.69) is 20.9 Å². The molecule has 2 aromatic rings. The van der Waals surface area contributed by atoms with E-state index >= 15 is 0 Å². The van der Waals surface area contributed by atoms with E-state index in [-0.39, 0.29) is 17.1 Å². The van der Waals surface area contributed by atoms with Crippen LogP contribution in [-0.4, -0.2) is 10.9 Å². The van der Waals surface area contributed by atoms with Gasteiger partial charge in [-0.15, -0.1) is 0 Å². The Morgan fingerprint density at radius 3 is 2.60 bits per heavy atom. The number of nitrogens with two attached hydrogens (primary N) is 2. The molecule has 1 aromatic carbocycles. The summed E-state index contributed by atoms with van der Waals surface area (Å²) in [6, 6.07) is 4.45. The van der Waals surface area contributed by atoms with E-state index in [1.54, 1.807) is 6.07 Å². The summed E-state index contributed by atoms with van der Waals surface area (Å²) in [6.07, 6.45) is 1.28. The molecule has 8 heteroatoms. The monoisotopic (exact) mass is 375 g/mol. The van der Waals surface area contributed by atoms with Crippen molar-refractivity contribution >= 4 is 50.7 Å². The number of halogens is 3. The van der Waals surface area contributed by atoms with Gasteiger partial charge in [0.2, 0.25) is 5.88 Å². The van der Waals surface area contributed by atoms with Gasteiger partial charge in [0.05, 0.1) is 27.5 Å². The second-order valence-electron chi connectivity index (χ2n) is 3.77. The molecule has 0 aliphatic heterocycles. The normalized spacial score (nSPS) is 10.3. The van der Waals surface area contributed by atoms with E-state index in [4.69, 9.17) is 39.4 Å². The van der Waals surface area contributed by atoms with Crippen molar-refractivity contribution in [2.24, 2.45) is 5.73 Å². The van der Waals surface area contributed by atoms with Crippen molar-refractivity contribution in [3.63, 3.8) is 0 Å². The highest BCUT2D eigenvalue weighted by Crippen LogP contribution is 2.36. The van der Waals surface area contributed by atoms with Gasteiger partial charge in [-0.3, -0.25) is 4.79 Å². The number of amides is 1. The zero-order valence-corrected chi connectivity index (χ0v) is 13.0. The third-order valence-corrected chi connectivity index (χ3v) is 3.86. The van der Waals surface area contributed by atoms with Crippen LogP contribution in [-0.2, 0) is 0 Å². The minimum atomic E-state index is -0.672. The number of aromatic nitrogens is 1. The van der Waals surface area contributed by atoms with Crippen molar-refractivity contribution in [1.29, 1.82) is 0 Å². The van der Waals surface area contributed by atoms with E-state index in [0.29, 0.717) is 20.3 Å². The van der Waals surface area contributed by atoms with Crippen LogP contribution in [0.15, 0.2) is 28.9 Å². The summed E-state index contributed by atoms with van der Waals surface area (Å²) in [7, 11) is 0. The smallest absolute Gasteiger partial charge is 0.251 e. The lowest BCUT2D eigenvalue weighted by atomic mass is 10.2. The van der Waals surface area contributed by atoms with Crippen molar-refractivity contribution < 1.29 is 9.53 Å². The molecule has 0 saturated heterocycles. The maximum Gasteiger partial charge on any atom is 0.251 e. The predicted molar refractivity (Wildman–Crippen MR) is 81.4 cm³/mol. The summed E-state index contributed by atoms with van der Waals surface area (Å²) in [5.74, 6) is -0.240. The molecule has 0 aliphatic rings. The molecule has 104 valence electrons. The van der Waals surface area contributed by atoms with Crippen LogP contribution in [0.25, 0.3) is 0 Å². The van der Waals surface area contributed by atoms with Crippen molar-refractivity contribution in [3.05, 3.63) is 44.5 Å². The third-order valence-electron chi connectivity index (χ3n) is 2.36. The number of benzene rings is 1. The Kier molecular flexibility index (Phi) is 4.37. The fraction of sp³-hybridized carbons (Fsp3) is 0. The van der Waals surface area contributed by atoms with E-state index < -0.39 is 5.91 Å². The number of rotatable bonds is 3. The molecular weight excluding hydrogens is 369 g/mol. The van der Waals surface area contributed by atoms with Crippen LogP contribution < -0.4 is 16.2 Å². The van der Waals surface area contributed by atoms with Gasteiger partial charge in [0, 0.05) is 16.6 Å². The topological polar surface area (TPSA) is 91.2 Å². The van der Waals surface area contributed by atoms with Crippen LogP contribution in [0.2, 0.25) is 10.0 Å². The van der Waals surface area contributed by atoms with Gasteiger partial charge in [-0.25, -0.2) is 4.98 Å². The molecule has 0 fully saturated rings. The standard InChI is InChI=1S/C12H8BrCl2N3O2/c13-6-2-8(15)10(3-7(6)14)20-11-1-5(12(17)19)9(16)4-18-11/h1-4H,16H2,(H2,17,19). The van der Waals surface area contributed by atoms with Crippen LogP contribution in [0.4, 0.5) is 5.69 Å². The van der Waals surface area contributed by atoms with Gasteiger partial charge in [0.25, 0.3) is 5.91 Å². The summed E-state index contributed by atoms with van der Waals surface area (Å²) in [6.45, 7) is 0. The van der Waals surface area contributed by atoms with Gasteiger partial charge in [-0.05, 0) is 22.0 Å². The molecule has 2 rings (SSSR count). The summed E-state index contributed by atoms with van der Waals surface area (Å²) in [5.41, 5.74) is 11.1. The number of ether oxygens (including phenoxy) is 1. The molecule has 1 aromatic heterocycles. The number of carbonyl (C=O) groups is 1. The average molecular weight is 377 g/mol. The zero-order valence-electron chi connectivity index (χ0n) is 9.86. The molecule has 0 aliphatic carbocycles. The maximum absolute atomic E-state index is 11.2. The van der Waals surface area contributed by atoms with Crippen LogP contribution in [0.3, 0.4) is 0 Å². The number of nitrogens with zero attached hydrogens (tertiary/aromatic N) is 1. The summed E-state index contributed by atoms with van der Waals surface area (Å²) >= 11 is 15.2. The van der Waals surface area contributed by atoms with Gasteiger partial charge in [-0.2, -0.15) is 0 Å². The van der Waals surface area contributed by atoms with Crippen LogP contribution in [0.1, 0.15) is 10.4 Å². The summed E-state index contributed by atoms with van der Waals surface area (Å²) < 4.78 is 6.12. The Morgan fingerprint density at radius 2 is 1.95 bits per heavy atom. The fourth-order valence-electron chi connectivity index (χ4n) is 1.41. The highest BCUT2D eigenvalue weighted by Gasteiger charge is 2.12. The lowest BCUT2D eigenvalue weighted by Crippen LogP contribution is -2.13. The molecule has 5 nitrogen and oxygen atoms in total. The molecule has 1 heterocycles. The number of hydrogen-bond acceptors (Lipinski definition) is 4. The Bertz CT molecular complexity index is 695. The Balaban J connectivity index is 2.38. The molecule has 0 unspecified atom stereocenters. The van der Waals surface area contributed by atoms with Crippen molar-refractivity contribution in [2.75, 3.05) is 5.73 Å². The second kappa shape index (κ2) is 5.87. The quantitative estimate of drug-likeness (QED) is 0.800. The Morgan fingerprint density at radius 1 is 1.25 bits per heavy atom. The van der Waals surface area contributed by atoms with Crippen molar-refractivity contribution in [3.8, 4) is 11.6 Å². The van der Waals surface area contributed by atoms with E-state index in [1.807, 2.05) is 0 Å². The molecule has 20 heavy (non-hydrogen) atoms. The molecule has 0 atom stereocenters. The second-order valence-corrected chi connectivity index (χ2v) is 5.44. The first-order chi connectivity index (χ1) is 9.38. The molecule has 0 spiro atoms. The maximum atomic E-state index is 11.2. The number of nitrogen functional groups attached to an aromatic ring is 1. The van der Waals surface area contributed by atoms with Gasteiger partial charge in [0.1, 0.15) is 5.75 Å². The highest BCUT2D eigenvalue weighted by atomic mass is 79.9. The predicted octanol–water partition coefficient (Wildman–Crippen LogP) is 3.62. The minimum absolute atomic E-state index is 0.120. The summed E-state index contributed by atoms with van der Waals surface area (Å²) in [4.78, 5) is 15.1. The van der Waals surface area contributed by atoms with E-state index in [9.17, 15) is 4.79 Å². The first-order valence-electron chi connectivity index (χ1n) is 5.26. The van der Waals surface area contributed by atoms with Crippen LogP contribution in [0.5, 0.6) is 11.6 Å². The number of primary amides is 1. The van der Waals surface area contributed by atoms with Gasteiger partial charge >= 0.3 is 0 Å².